The van der Waals surface area contributed by atoms with Crippen LogP contribution in [0.25, 0.3) is 0 Å². The molecule has 2 N–H and O–H groups in total. The number of nitrogens with one attached hydrogen (secondary N) is 2. The van der Waals surface area contributed by atoms with Gasteiger partial charge in [-0.2, -0.15) is 0 Å². The van der Waals surface area contributed by atoms with E-state index < -0.39 is 0 Å². The van der Waals surface area contributed by atoms with Crippen LogP contribution in [0.3, 0.4) is 0 Å². The predicted octanol–water partition coefficient (Wildman–Crippen LogP) is 3.08. The molecule has 1 amide bonds. The molecule has 0 fully saturated rings. The normalized spacial score (nSPS) is 13.1. The third-order valence-electron chi connectivity index (χ3n) is 3.43. The number of anilines is 2. The van der Waals surface area contributed by atoms with Gasteiger partial charge in [-0.15, -0.1) is 0 Å². The van der Waals surface area contributed by atoms with E-state index in [9.17, 15) is 9.18 Å². The van der Waals surface area contributed by atoms with Crippen molar-refractivity contribution < 1.29 is 13.9 Å². The molecule has 21 heavy (non-hydrogen) atoms. The maximum Gasteiger partial charge on any atom is 0.262 e. The summed E-state index contributed by atoms with van der Waals surface area (Å²) in [5, 5.41) is 5.96. The third kappa shape index (κ3) is 2.81. The van der Waals surface area contributed by atoms with Crippen molar-refractivity contribution in [2.75, 3.05) is 17.2 Å². The van der Waals surface area contributed by atoms with E-state index >= 15 is 0 Å². The molecule has 0 unspecified atom stereocenters. The Balaban J connectivity index is 1.75. The second-order valence-electron chi connectivity index (χ2n) is 4.93. The van der Waals surface area contributed by atoms with Gasteiger partial charge in [-0.05, 0) is 36.8 Å². The number of halogens is 1. The van der Waals surface area contributed by atoms with E-state index in [0.29, 0.717) is 23.5 Å². The van der Waals surface area contributed by atoms with E-state index in [4.69, 9.17) is 4.74 Å². The van der Waals surface area contributed by atoms with Crippen LogP contribution in [-0.4, -0.2) is 12.5 Å². The average Bonchev–Trinajstić information content (AvgIpc) is 2.48. The first-order valence-electron chi connectivity index (χ1n) is 6.68. The highest BCUT2D eigenvalue weighted by Gasteiger charge is 2.15. The summed E-state index contributed by atoms with van der Waals surface area (Å²) in [5.74, 6) is 0.278. The molecule has 0 spiro atoms. The van der Waals surface area contributed by atoms with Gasteiger partial charge >= 0.3 is 0 Å². The summed E-state index contributed by atoms with van der Waals surface area (Å²) < 4.78 is 18.8. The van der Waals surface area contributed by atoms with Crippen LogP contribution in [0.15, 0.2) is 36.4 Å². The van der Waals surface area contributed by atoms with Crippen LogP contribution in [0.4, 0.5) is 15.8 Å². The number of carbonyl (C=O) groups is 1. The number of fused-ring (bicyclic) bond motifs is 1. The van der Waals surface area contributed by atoms with Crippen molar-refractivity contribution in [3.8, 4) is 5.75 Å². The summed E-state index contributed by atoms with van der Waals surface area (Å²) in [7, 11) is 0. The molecule has 1 heterocycles. The number of carbonyl (C=O) groups excluding carboxylic acids is 1. The summed E-state index contributed by atoms with van der Waals surface area (Å²) in [6, 6.07) is 10.5. The highest BCUT2D eigenvalue weighted by molar-refractivity contribution is 5.95. The molecule has 2 aromatic carbocycles. The van der Waals surface area contributed by atoms with Gasteiger partial charge in [-0.1, -0.05) is 12.1 Å². The predicted molar refractivity (Wildman–Crippen MR) is 79.0 cm³/mol. The lowest BCUT2D eigenvalue weighted by atomic mass is 10.1. The SMILES string of the molecule is Cc1c(F)cccc1NCc1ccc2c(c1)NC(=O)CO2. The zero-order valence-corrected chi connectivity index (χ0v) is 11.6. The molecule has 4 nitrogen and oxygen atoms in total. The second kappa shape index (κ2) is 5.44. The van der Waals surface area contributed by atoms with Crippen LogP contribution >= 0.6 is 0 Å². The van der Waals surface area contributed by atoms with E-state index in [1.54, 1.807) is 13.0 Å². The van der Waals surface area contributed by atoms with Crippen molar-refractivity contribution in [3.05, 3.63) is 53.3 Å². The third-order valence-corrected chi connectivity index (χ3v) is 3.43. The van der Waals surface area contributed by atoms with E-state index in [-0.39, 0.29) is 18.3 Å². The van der Waals surface area contributed by atoms with Crippen molar-refractivity contribution in [2.24, 2.45) is 0 Å². The van der Waals surface area contributed by atoms with Crippen LogP contribution in [0.5, 0.6) is 5.75 Å². The van der Waals surface area contributed by atoms with Gasteiger partial charge in [-0.3, -0.25) is 4.79 Å². The fourth-order valence-electron chi connectivity index (χ4n) is 2.24. The molecule has 1 aliphatic rings. The first kappa shape index (κ1) is 13.4. The number of ether oxygens (including phenoxy) is 1. The van der Waals surface area contributed by atoms with Crippen molar-refractivity contribution in [3.63, 3.8) is 0 Å². The van der Waals surface area contributed by atoms with E-state index in [0.717, 1.165) is 11.3 Å². The fourth-order valence-corrected chi connectivity index (χ4v) is 2.24. The molecule has 108 valence electrons. The summed E-state index contributed by atoms with van der Waals surface area (Å²) in [6.45, 7) is 2.32. The topological polar surface area (TPSA) is 50.4 Å². The Hall–Kier alpha value is -2.56. The van der Waals surface area contributed by atoms with Crippen molar-refractivity contribution in [2.45, 2.75) is 13.5 Å². The first-order valence-corrected chi connectivity index (χ1v) is 6.68. The number of rotatable bonds is 3. The minimum atomic E-state index is -0.230. The molecular weight excluding hydrogens is 271 g/mol. The molecule has 1 aliphatic heterocycles. The summed E-state index contributed by atoms with van der Waals surface area (Å²) in [6.07, 6.45) is 0. The largest absolute Gasteiger partial charge is 0.482 e. The molecule has 2 aromatic rings. The van der Waals surface area contributed by atoms with Gasteiger partial charge in [-0.25, -0.2) is 4.39 Å². The van der Waals surface area contributed by atoms with Gasteiger partial charge in [0.1, 0.15) is 11.6 Å². The number of hydrogen-bond acceptors (Lipinski definition) is 3. The molecule has 0 saturated heterocycles. The lowest BCUT2D eigenvalue weighted by Gasteiger charge is -2.19. The van der Waals surface area contributed by atoms with Crippen LogP contribution in [-0.2, 0) is 11.3 Å². The fraction of sp³-hybridized carbons (Fsp3) is 0.188. The molecule has 3 rings (SSSR count). The Labute approximate surface area is 121 Å². The van der Waals surface area contributed by atoms with Gasteiger partial charge in [0.25, 0.3) is 5.91 Å². The molecule has 0 atom stereocenters. The maximum absolute atomic E-state index is 13.5. The standard InChI is InChI=1S/C16H15FN2O2/c1-10-12(17)3-2-4-13(10)18-8-11-5-6-15-14(7-11)19-16(20)9-21-15/h2-7,18H,8-9H2,1H3,(H,19,20). The maximum atomic E-state index is 13.5. The zero-order valence-electron chi connectivity index (χ0n) is 11.6. The van der Waals surface area contributed by atoms with Crippen LogP contribution < -0.4 is 15.4 Å². The van der Waals surface area contributed by atoms with Crippen LogP contribution in [0.2, 0.25) is 0 Å². The van der Waals surface area contributed by atoms with Gasteiger partial charge in [0, 0.05) is 17.8 Å². The van der Waals surface area contributed by atoms with E-state index in [1.165, 1.54) is 6.07 Å². The van der Waals surface area contributed by atoms with Gasteiger partial charge < -0.3 is 15.4 Å². The minimum Gasteiger partial charge on any atom is -0.482 e. The van der Waals surface area contributed by atoms with Crippen LogP contribution in [0, 0.1) is 12.7 Å². The second-order valence-corrected chi connectivity index (χ2v) is 4.93. The quantitative estimate of drug-likeness (QED) is 0.911. The highest BCUT2D eigenvalue weighted by atomic mass is 19.1. The first-order chi connectivity index (χ1) is 10.1. The molecule has 0 aromatic heterocycles. The number of amides is 1. The van der Waals surface area contributed by atoms with Crippen molar-refractivity contribution >= 4 is 17.3 Å². The number of hydrogen-bond donors (Lipinski definition) is 2. The van der Waals surface area contributed by atoms with Crippen molar-refractivity contribution in [1.29, 1.82) is 0 Å². The zero-order chi connectivity index (χ0) is 14.8. The Morgan fingerprint density at radius 3 is 3.05 bits per heavy atom. The summed E-state index contributed by atoms with van der Waals surface area (Å²) in [4.78, 5) is 11.3. The molecule has 0 saturated carbocycles. The van der Waals surface area contributed by atoms with E-state index in [1.807, 2.05) is 24.3 Å². The average molecular weight is 286 g/mol. The van der Waals surface area contributed by atoms with E-state index in [2.05, 4.69) is 10.6 Å². The van der Waals surface area contributed by atoms with Gasteiger partial charge in [0.15, 0.2) is 6.61 Å². The highest BCUT2D eigenvalue weighted by Crippen LogP contribution is 2.29. The molecule has 0 radical (unpaired) electrons. The van der Waals surface area contributed by atoms with Gasteiger partial charge in [0.05, 0.1) is 5.69 Å². The Bertz CT molecular complexity index is 701. The summed E-state index contributed by atoms with van der Waals surface area (Å²) in [5.41, 5.74) is 2.99. The Morgan fingerprint density at radius 1 is 1.33 bits per heavy atom. The summed E-state index contributed by atoms with van der Waals surface area (Å²) >= 11 is 0. The monoisotopic (exact) mass is 286 g/mol. The lowest BCUT2D eigenvalue weighted by Crippen LogP contribution is -2.25. The lowest BCUT2D eigenvalue weighted by molar-refractivity contribution is -0.118. The molecule has 0 aliphatic carbocycles. The Kier molecular flexibility index (Phi) is 3.48. The van der Waals surface area contributed by atoms with Crippen LogP contribution in [0.1, 0.15) is 11.1 Å². The van der Waals surface area contributed by atoms with Gasteiger partial charge in [0.2, 0.25) is 0 Å². The smallest absolute Gasteiger partial charge is 0.262 e. The molecule has 0 bridgehead atoms. The minimum absolute atomic E-state index is 0.0487. The molecular formula is C16H15FN2O2. The molecule has 5 heteroatoms. The van der Waals surface area contributed by atoms with Crippen molar-refractivity contribution in [1.82, 2.24) is 0 Å². The Morgan fingerprint density at radius 2 is 2.19 bits per heavy atom. The number of benzene rings is 2.